The first-order chi connectivity index (χ1) is 15.9. The molecule has 2 aliphatic rings. The molecule has 3 amide bonds. The Morgan fingerprint density at radius 1 is 0.970 bits per heavy atom. The summed E-state index contributed by atoms with van der Waals surface area (Å²) in [5.74, 6) is -0.514. The smallest absolute Gasteiger partial charge is 0.321 e. The molecule has 0 saturated carbocycles. The van der Waals surface area contributed by atoms with Gasteiger partial charge in [-0.05, 0) is 41.5 Å². The van der Waals surface area contributed by atoms with Gasteiger partial charge in [-0.1, -0.05) is 81.6 Å². The van der Waals surface area contributed by atoms with E-state index in [-0.39, 0.29) is 11.8 Å². The molecule has 1 spiro atoms. The number of amides is 3. The van der Waals surface area contributed by atoms with E-state index in [0.717, 1.165) is 20.5 Å². The Hall–Kier alpha value is -2.38. The molecule has 1 N–H and O–H groups in total. The molecule has 168 valence electrons. The number of carbonyl (C=O) groups is 2. The van der Waals surface area contributed by atoms with Gasteiger partial charge >= 0.3 is 6.03 Å². The first kappa shape index (κ1) is 22.4. The van der Waals surface area contributed by atoms with E-state index in [1.54, 1.807) is 18.2 Å². The van der Waals surface area contributed by atoms with Gasteiger partial charge in [0.1, 0.15) is 5.54 Å². The number of nitrogens with zero attached hydrogens (tertiary/aromatic N) is 2. The highest BCUT2D eigenvalue weighted by Crippen LogP contribution is 2.42. The van der Waals surface area contributed by atoms with Crippen molar-refractivity contribution < 1.29 is 9.59 Å². The Morgan fingerprint density at radius 3 is 2.30 bits per heavy atom. The van der Waals surface area contributed by atoms with Crippen molar-refractivity contribution in [1.29, 1.82) is 0 Å². The Morgan fingerprint density at radius 2 is 1.64 bits per heavy atom. The van der Waals surface area contributed by atoms with Gasteiger partial charge in [-0.15, -0.1) is 0 Å². The van der Waals surface area contributed by atoms with Gasteiger partial charge in [-0.2, -0.15) is 0 Å². The van der Waals surface area contributed by atoms with E-state index in [0.29, 0.717) is 35.4 Å². The molecule has 2 unspecified atom stereocenters. The van der Waals surface area contributed by atoms with Gasteiger partial charge in [0.05, 0.1) is 5.69 Å². The van der Waals surface area contributed by atoms with Crippen molar-refractivity contribution >= 4 is 56.8 Å². The standard InChI is InChI=1S/C25H20BrCl2N3O2/c26-18-8-6-17(7-9-18)22-14-30(13-16-4-2-1-3-5-16)15-25(22)23(32)31(24(33)29-25)21-11-19(27)10-20(28)12-21/h1-12,22H,13-15H2,(H,29,33). The molecule has 2 aliphatic heterocycles. The van der Waals surface area contributed by atoms with Crippen LogP contribution in [0.3, 0.4) is 0 Å². The first-order valence-corrected chi connectivity index (χ1v) is 12.1. The quantitative estimate of drug-likeness (QED) is 0.419. The van der Waals surface area contributed by atoms with Gasteiger partial charge in [0, 0.05) is 40.1 Å². The summed E-state index contributed by atoms with van der Waals surface area (Å²) in [5, 5.41) is 3.77. The third-order valence-electron chi connectivity index (χ3n) is 6.25. The van der Waals surface area contributed by atoms with E-state index in [1.807, 2.05) is 42.5 Å². The maximum absolute atomic E-state index is 13.9. The van der Waals surface area contributed by atoms with Crippen LogP contribution in [0.2, 0.25) is 10.0 Å². The van der Waals surface area contributed by atoms with E-state index < -0.39 is 11.6 Å². The van der Waals surface area contributed by atoms with Crippen molar-refractivity contribution in [1.82, 2.24) is 10.2 Å². The highest BCUT2D eigenvalue weighted by atomic mass is 79.9. The van der Waals surface area contributed by atoms with Crippen molar-refractivity contribution in [2.75, 3.05) is 18.0 Å². The average molecular weight is 545 g/mol. The lowest BCUT2D eigenvalue weighted by atomic mass is 9.82. The highest BCUT2D eigenvalue weighted by molar-refractivity contribution is 9.10. The number of anilines is 1. The number of nitrogens with one attached hydrogen (secondary N) is 1. The predicted octanol–water partition coefficient (Wildman–Crippen LogP) is 5.85. The molecule has 0 aromatic heterocycles. The van der Waals surface area contributed by atoms with Crippen LogP contribution in [-0.2, 0) is 11.3 Å². The zero-order valence-electron chi connectivity index (χ0n) is 17.5. The Kier molecular flexibility index (Phi) is 5.95. The molecule has 3 aromatic rings. The van der Waals surface area contributed by atoms with Crippen molar-refractivity contribution in [2.24, 2.45) is 0 Å². The molecule has 5 nitrogen and oxygen atoms in total. The minimum atomic E-state index is -1.09. The monoisotopic (exact) mass is 543 g/mol. The van der Waals surface area contributed by atoms with Crippen LogP contribution in [0, 0.1) is 0 Å². The number of benzene rings is 3. The zero-order valence-corrected chi connectivity index (χ0v) is 20.6. The van der Waals surface area contributed by atoms with E-state index in [4.69, 9.17) is 23.2 Å². The summed E-state index contributed by atoms with van der Waals surface area (Å²) in [5.41, 5.74) is 1.42. The summed E-state index contributed by atoms with van der Waals surface area (Å²) in [7, 11) is 0. The number of rotatable bonds is 4. The molecule has 2 saturated heterocycles. The lowest BCUT2D eigenvalue weighted by Crippen LogP contribution is -2.53. The number of urea groups is 1. The van der Waals surface area contributed by atoms with Crippen LogP contribution in [0.1, 0.15) is 17.0 Å². The lowest BCUT2D eigenvalue weighted by molar-refractivity contribution is -0.122. The fraction of sp³-hybridized carbons (Fsp3) is 0.200. The van der Waals surface area contributed by atoms with Crippen molar-refractivity contribution in [3.63, 3.8) is 0 Å². The Bertz CT molecular complexity index is 1200. The molecular weight excluding hydrogens is 525 g/mol. The third-order valence-corrected chi connectivity index (χ3v) is 7.22. The summed E-state index contributed by atoms with van der Waals surface area (Å²) in [4.78, 5) is 30.5. The van der Waals surface area contributed by atoms with Gasteiger partial charge in [0.2, 0.25) is 0 Å². The Labute approximate surface area is 210 Å². The number of hydrogen-bond acceptors (Lipinski definition) is 3. The predicted molar refractivity (Wildman–Crippen MR) is 134 cm³/mol. The molecule has 2 heterocycles. The van der Waals surface area contributed by atoms with Crippen molar-refractivity contribution in [3.8, 4) is 0 Å². The topological polar surface area (TPSA) is 52.7 Å². The summed E-state index contributed by atoms with van der Waals surface area (Å²) in [6, 6.07) is 22.3. The van der Waals surface area contributed by atoms with Gasteiger partial charge in [-0.3, -0.25) is 9.69 Å². The fourth-order valence-electron chi connectivity index (χ4n) is 4.83. The number of carbonyl (C=O) groups excluding carboxylic acids is 2. The average Bonchev–Trinajstić information content (AvgIpc) is 3.25. The number of halogens is 3. The molecule has 5 rings (SSSR count). The van der Waals surface area contributed by atoms with E-state index in [1.165, 1.54) is 0 Å². The van der Waals surface area contributed by atoms with E-state index >= 15 is 0 Å². The van der Waals surface area contributed by atoms with Crippen LogP contribution in [0.4, 0.5) is 10.5 Å². The van der Waals surface area contributed by atoms with E-state index in [9.17, 15) is 9.59 Å². The second-order valence-electron chi connectivity index (χ2n) is 8.43. The molecule has 0 aliphatic carbocycles. The largest absolute Gasteiger partial charge is 0.329 e. The van der Waals surface area contributed by atoms with Crippen LogP contribution in [0.5, 0.6) is 0 Å². The summed E-state index contributed by atoms with van der Waals surface area (Å²) in [6.45, 7) is 1.71. The molecule has 2 fully saturated rings. The molecule has 0 radical (unpaired) electrons. The SMILES string of the molecule is O=C1NC2(CN(Cc3ccccc3)CC2c2ccc(Br)cc2)C(=O)N1c1cc(Cl)cc(Cl)c1. The summed E-state index contributed by atoms with van der Waals surface area (Å²) < 4.78 is 0.955. The zero-order chi connectivity index (χ0) is 23.2. The van der Waals surface area contributed by atoms with E-state index in [2.05, 4.69) is 38.3 Å². The molecule has 33 heavy (non-hydrogen) atoms. The van der Waals surface area contributed by atoms with Crippen LogP contribution < -0.4 is 10.2 Å². The normalized spacial score (nSPS) is 22.9. The van der Waals surface area contributed by atoms with Gasteiger partial charge in [-0.25, -0.2) is 9.69 Å². The molecule has 2 atom stereocenters. The number of hydrogen-bond donors (Lipinski definition) is 1. The fourth-order valence-corrected chi connectivity index (χ4v) is 5.61. The molecular formula is C25H20BrCl2N3O2. The summed E-state index contributed by atoms with van der Waals surface area (Å²) in [6.07, 6.45) is 0. The minimum Gasteiger partial charge on any atom is -0.321 e. The number of imide groups is 1. The highest BCUT2D eigenvalue weighted by Gasteiger charge is 2.60. The van der Waals surface area contributed by atoms with Crippen molar-refractivity contribution in [2.45, 2.75) is 18.0 Å². The molecule has 0 bridgehead atoms. The maximum atomic E-state index is 13.9. The second-order valence-corrected chi connectivity index (χ2v) is 10.2. The van der Waals surface area contributed by atoms with Crippen LogP contribution in [0.15, 0.2) is 77.3 Å². The molecule has 3 aromatic carbocycles. The minimum absolute atomic E-state index is 0.217. The number of likely N-dealkylation sites (tertiary alicyclic amines) is 1. The summed E-state index contributed by atoms with van der Waals surface area (Å²) >= 11 is 15.8. The van der Waals surface area contributed by atoms with Crippen LogP contribution in [0.25, 0.3) is 0 Å². The van der Waals surface area contributed by atoms with Crippen LogP contribution in [-0.4, -0.2) is 35.5 Å². The first-order valence-electron chi connectivity index (χ1n) is 10.5. The van der Waals surface area contributed by atoms with Crippen molar-refractivity contribution in [3.05, 3.63) is 98.4 Å². The second kappa shape index (κ2) is 8.76. The van der Waals surface area contributed by atoms with Gasteiger partial charge < -0.3 is 5.32 Å². The third kappa shape index (κ3) is 4.17. The van der Waals surface area contributed by atoms with Crippen LogP contribution >= 0.6 is 39.1 Å². The van der Waals surface area contributed by atoms with Gasteiger partial charge in [0.15, 0.2) is 0 Å². The molecule has 8 heteroatoms. The maximum Gasteiger partial charge on any atom is 0.329 e. The van der Waals surface area contributed by atoms with Gasteiger partial charge in [0.25, 0.3) is 5.91 Å². The Balaban J connectivity index is 1.54. The lowest BCUT2D eigenvalue weighted by Gasteiger charge is -2.28.